The highest BCUT2D eigenvalue weighted by atomic mass is 16.4. The second-order valence-electron chi connectivity index (χ2n) is 6.72. The van der Waals surface area contributed by atoms with Crippen molar-refractivity contribution in [1.29, 1.82) is 0 Å². The molecule has 0 radical (unpaired) electrons. The van der Waals surface area contributed by atoms with Gasteiger partial charge in [-0.1, -0.05) is 30.3 Å². The molecule has 0 aliphatic rings. The maximum absolute atomic E-state index is 10.1. The minimum absolute atomic E-state index is 0.256. The number of nitrogens with zero attached hydrogens (tertiary/aromatic N) is 2. The average Bonchev–Trinajstić information content (AvgIpc) is 3.21. The minimum atomic E-state index is -0.730. The van der Waals surface area contributed by atoms with Crippen molar-refractivity contribution in [3.63, 3.8) is 0 Å². The fourth-order valence-electron chi connectivity index (χ4n) is 2.74. The molecule has 0 aliphatic carbocycles. The lowest BCUT2D eigenvalue weighted by atomic mass is 10.1. The summed E-state index contributed by atoms with van der Waals surface area (Å²) in [5, 5.41) is 16.6. The summed E-state index contributed by atoms with van der Waals surface area (Å²) in [7, 11) is 2.15. The van der Waals surface area contributed by atoms with E-state index in [1.807, 2.05) is 13.0 Å². The summed E-state index contributed by atoms with van der Waals surface area (Å²) in [6, 6.07) is 14.5. The van der Waals surface area contributed by atoms with Crippen molar-refractivity contribution in [2.45, 2.75) is 39.0 Å². The first-order valence-corrected chi connectivity index (χ1v) is 9.58. The largest absolute Gasteiger partial charge is 0.467 e. The summed E-state index contributed by atoms with van der Waals surface area (Å²) in [6.07, 6.45) is 1.82. The van der Waals surface area contributed by atoms with Gasteiger partial charge in [0.15, 0.2) is 5.96 Å². The van der Waals surface area contributed by atoms with Crippen molar-refractivity contribution < 1.29 is 9.52 Å². The van der Waals surface area contributed by atoms with E-state index < -0.39 is 6.10 Å². The zero-order chi connectivity index (χ0) is 19.5. The van der Waals surface area contributed by atoms with Gasteiger partial charge in [0.05, 0.1) is 12.8 Å². The predicted molar refractivity (Wildman–Crippen MR) is 110 cm³/mol. The third-order valence-electron chi connectivity index (χ3n) is 4.52. The Labute approximate surface area is 162 Å². The molecule has 2 unspecified atom stereocenters. The zero-order valence-electron chi connectivity index (χ0n) is 16.6. The van der Waals surface area contributed by atoms with Crippen LogP contribution in [-0.4, -0.2) is 48.7 Å². The SMILES string of the molecule is CCNC(=NCC(O)c1ccco1)NCCC(C)N(C)Cc1ccccc1. The van der Waals surface area contributed by atoms with Gasteiger partial charge in [0.1, 0.15) is 11.9 Å². The lowest BCUT2D eigenvalue weighted by molar-refractivity contribution is 0.158. The topological polar surface area (TPSA) is 73.0 Å². The van der Waals surface area contributed by atoms with Crippen LogP contribution in [0.3, 0.4) is 0 Å². The van der Waals surface area contributed by atoms with Crippen LogP contribution in [0.4, 0.5) is 0 Å². The van der Waals surface area contributed by atoms with Gasteiger partial charge >= 0.3 is 0 Å². The second-order valence-corrected chi connectivity index (χ2v) is 6.72. The van der Waals surface area contributed by atoms with Crippen LogP contribution in [0.25, 0.3) is 0 Å². The van der Waals surface area contributed by atoms with Crippen LogP contribution in [0, 0.1) is 0 Å². The molecule has 0 aliphatic heterocycles. The second kappa shape index (κ2) is 11.4. The first kappa shape index (κ1) is 21.0. The summed E-state index contributed by atoms with van der Waals surface area (Å²) in [5.74, 6) is 1.24. The number of aliphatic imine (C=N–C) groups is 1. The Morgan fingerprint density at radius 3 is 2.63 bits per heavy atom. The molecule has 0 spiro atoms. The third-order valence-corrected chi connectivity index (χ3v) is 4.52. The molecule has 0 fully saturated rings. The van der Waals surface area contributed by atoms with E-state index in [9.17, 15) is 5.11 Å². The van der Waals surface area contributed by atoms with Gasteiger partial charge in [-0.25, -0.2) is 0 Å². The summed E-state index contributed by atoms with van der Waals surface area (Å²) in [6.45, 7) is 7.03. The van der Waals surface area contributed by atoms with Gasteiger partial charge in [0.25, 0.3) is 0 Å². The van der Waals surface area contributed by atoms with Gasteiger partial charge in [0, 0.05) is 25.7 Å². The molecule has 6 heteroatoms. The minimum Gasteiger partial charge on any atom is -0.467 e. The molecule has 2 atom stereocenters. The standard InChI is InChI=1S/C21H32N4O2/c1-4-22-21(24-15-19(26)20-11-8-14-27-20)23-13-12-17(2)25(3)16-18-9-6-5-7-10-18/h5-11,14,17,19,26H,4,12-13,15-16H2,1-3H3,(H2,22,23,24). The Bertz CT molecular complexity index is 658. The Morgan fingerprint density at radius 2 is 1.96 bits per heavy atom. The van der Waals surface area contributed by atoms with Crippen LogP contribution >= 0.6 is 0 Å². The van der Waals surface area contributed by atoms with Gasteiger partial charge in [-0.2, -0.15) is 0 Å². The molecule has 1 heterocycles. The first-order valence-electron chi connectivity index (χ1n) is 9.58. The number of hydrogen-bond acceptors (Lipinski definition) is 4. The maximum Gasteiger partial charge on any atom is 0.191 e. The van der Waals surface area contributed by atoms with Crippen molar-refractivity contribution in [3.8, 4) is 0 Å². The van der Waals surface area contributed by atoms with Crippen LogP contribution in [-0.2, 0) is 6.54 Å². The molecule has 2 rings (SSSR count). The number of benzene rings is 1. The van der Waals surface area contributed by atoms with Crippen LogP contribution in [0.1, 0.15) is 37.7 Å². The molecule has 148 valence electrons. The molecule has 1 aromatic heterocycles. The Balaban J connectivity index is 1.76. The smallest absolute Gasteiger partial charge is 0.191 e. The normalized spacial score (nSPS) is 14.2. The van der Waals surface area contributed by atoms with Crippen molar-refractivity contribution in [2.75, 3.05) is 26.7 Å². The van der Waals surface area contributed by atoms with E-state index in [-0.39, 0.29) is 6.54 Å². The molecule has 0 bridgehead atoms. The molecule has 27 heavy (non-hydrogen) atoms. The van der Waals surface area contributed by atoms with Crippen molar-refractivity contribution in [1.82, 2.24) is 15.5 Å². The molecule has 6 nitrogen and oxygen atoms in total. The number of nitrogens with one attached hydrogen (secondary N) is 2. The molecular formula is C21H32N4O2. The van der Waals surface area contributed by atoms with Gasteiger partial charge in [-0.15, -0.1) is 0 Å². The van der Waals surface area contributed by atoms with E-state index in [1.165, 1.54) is 5.56 Å². The summed E-state index contributed by atoms with van der Waals surface area (Å²) >= 11 is 0. The summed E-state index contributed by atoms with van der Waals surface area (Å²) < 4.78 is 5.21. The van der Waals surface area contributed by atoms with E-state index in [0.29, 0.717) is 17.8 Å². The molecule has 0 saturated heterocycles. The molecular weight excluding hydrogens is 340 g/mol. The van der Waals surface area contributed by atoms with E-state index in [0.717, 1.165) is 26.1 Å². The van der Waals surface area contributed by atoms with Gasteiger partial charge in [-0.3, -0.25) is 9.89 Å². The fraction of sp³-hybridized carbons (Fsp3) is 0.476. The monoisotopic (exact) mass is 372 g/mol. The highest BCUT2D eigenvalue weighted by molar-refractivity contribution is 5.79. The summed E-state index contributed by atoms with van der Waals surface area (Å²) in [5.41, 5.74) is 1.32. The molecule has 1 aromatic carbocycles. The van der Waals surface area contributed by atoms with Crippen LogP contribution in [0.5, 0.6) is 0 Å². The molecule has 0 amide bonds. The van der Waals surface area contributed by atoms with Crippen molar-refractivity contribution in [3.05, 3.63) is 60.1 Å². The number of rotatable bonds is 10. The van der Waals surface area contributed by atoms with Crippen molar-refractivity contribution in [2.24, 2.45) is 4.99 Å². The Kier molecular flexibility index (Phi) is 8.87. The molecule has 3 N–H and O–H groups in total. The third kappa shape index (κ3) is 7.45. The average molecular weight is 373 g/mol. The fourth-order valence-corrected chi connectivity index (χ4v) is 2.74. The number of aliphatic hydroxyl groups excluding tert-OH is 1. The van der Waals surface area contributed by atoms with Crippen LogP contribution in [0.15, 0.2) is 58.1 Å². The van der Waals surface area contributed by atoms with Crippen molar-refractivity contribution >= 4 is 5.96 Å². The zero-order valence-corrected chi connectivity index (χ0v) is 16.6. The number of hydrogen-bond donors (Lipinski definition) is 3. The molecule has 2 aromatic rings. The predicted octanol–water partition coefficient (Wildman–Crippen LogP) is 2.78. The van der Waals surface area contributed by atoms with Gasteiger partial charge in [0.2, 0.25) is 0 Å². The van der Waals surface area contributed by atoms with Gasteiger partial charge < -0.3 is 20.2 Å². The highest BCUT2D eigenvalue weighted by Gasteiger charge is 2.11. The number of guanidine groups is 1. The lowest BCUT2D eigenvalue weighted by Crippen LogP contribution is -2.40. The van der Waals surface area contributed by atoms with E-state index in [4.69, 9.17) is 4.42 Å². The van der Waals surface area contributed by atoms with E-state index in [2.05, 4.69) is 58.8 Å². The highest BCUT2D eigenvalue weighted by Crippen LogP contribution is 2.13. The van der Waals surface area contributed by atoms with Crippen LogP contribution < -0.4 is 10.6 Å². The number of aliphatic hydroxyl groups is 1. The van der Waals surface area contributed by atoms with E-state index >= 15 is 0 Å². The number of furan rings is 1. The van der Waals surface area contributed by atoms with E-state index in [1.54, 1.807) is 18.4 Å². The summed E-state index contributed by atoms with van der Waals surface area (Å²) in [4.78, 5) is 6.80. The van der Waals surface area contributed by atoms with Crippen LogP contribution in [0.2, 0.25) is 0 Å². The Morgan fingerprint density at radius 1 is 1.19 bits per heavy atom. The maximum atomic E-state index is 10.1. The first-order chi connectivity index (χ1) is 13.1. The quantitative estimate of drug-likeness (QED) is 0.442. The Hall–Kier alpha value is -2.31. The van der Waals surface area contributed by atoms with Gasteiger partial charge in [-0.05, 0) is 45.0 Å². The lowest BCUT2D eigenvalue weighted by Gasteiger charge is -2.25. The molecule has 0 saturated carbocycles.